The van der Waals surface area contributed by atoms with E-state index in [2.05, 4.69) is 14.8 Å². The first-order valence-corrected chi connectivity index (χ1v) is 8.66. The summed E-state index contributed by atoms with van der Waals surface area (Å²) in [7, 11) is 0. The lowest BCUT2D eigenvalue weighted by Gasteiger charge is -2.10. The zero-order valence-corrected chi connectivity index (χ0v) is 14.9. The molecule has 10 heteroatoms. The van der Waals surface area contributed by atoms with Crippen molar-refractivity contribution in [1.82, 2.24) is 0 Å². The maximum absolute atomic E-state index is 13.0. The molecule has 0 atom stereocenters. The van der Waals surface area contributed by atoms with Crippen molar-refractivity contribution in [2.75, 3.05) is 25.1 Å². The Balaban J connectivity index is 1.33. The summed E-state index contributed by atoms with van der Waals surface area (Å²) in [5, 5.41) is 2.42. The zero-order chi connectivity index (χ0) is 20.4. The molecule has 2 aliphatic rings. The highest BCUT2D eigenvalue weighted by Crippen LogP contribution is 2.42. The Labute approximate surface area is 163 Å². The van der Waals surface area contributed by atoms with Crippen LogP contribution in [0.25, 0.3) is 0 Å². The van der Waals surface area contributed by atoms with Gasteiger partial charge in [0.05, 0.1) is 18.8 Å². The van der Waals surface area contributed by atoms with Crippen molar-refractivity contribution in [3.63, 3.8) is 0 Å². The summed E-state index contributed by atoms with van der Waals surface area (Å²) >= 11 is 0. The van der Waals surface area contributed by atoms with Crippen LogP contribution in [0.5, 0.6) is 23.0 Å². The average Bonchev–Trinajstić information content (AvgIpc) is 2.84. The molecule has 1 amide bonds. The van der Waals surface area contributed by atoms with Crippen LogP contribution in [-0.4, -0.2) is 38.0 Å². The van der Waals surface area contributed by atoms with Crippen molar-refractivity contribution >= 4 is 17.6 Å². The first-order valence-electron chi connectivity index (χ1n) is 8.66. The highest BCUT2D eigenvalue weighted by molar-refractivity contribution is 5.96. The molecule has 0 radical (unpaired) electrons. The van der Waals surface area contributed by atoms with Gasteiger partial charge in [0.15, 0.2) is 29.6 Å². The summed E-state index contributed by atoms with van der Waals surface area (Å²) in [6.07, 6.45) is -3.02. The van der Waals surface area contributed by atoms with Crippen molar-refractivity contribution < 1.29 is 42.1 Å². The van der Waals surface area contributed by atoms with E-state index in [1.807, 2.05) is 0 Å². The van der Waals surface area contributed by atoms with Crippen LogP contribution in [-0.2, 0) is 9.53 Å². The molecule has 0 unspecified atom stereocenters. The molecule has 152 valence electrons. The first-order chi connectivity index (χ1) is 13.9. The number of esters is 1. The van der Waals surface area contributed by atoms with Gasteiger partial charge in [-0.2, -0.15) is 0 Å². The molecule has 0 aliphatic carbocycles. The van der Waals surface area contributed by atoms with Crippen LogP contribution >= 0.6 is 0 Å². The number of nitrogens with one attached hydrogen (secondary N) is 1. The maximum atomic E-state index is 13.0. The normalized spacial score (nSPS) is 15.9. The number of halogens is 2. The molecule has 2 aliphatic heterocycles. The Morgan fingerprint density at radius 3 is 2.52 bits per heavy atom. The van der Waals surface area contributed by atoms with Crippen LogP contribution in [0, 0.1) is 0 Å². The van der Waals surface area contributed by atoms with E-state index in [1.54, 1.807) is 6.07 Å². The van der Waals surface area contributed by atoms with Crippen LogP contribution < -0.4 is 24.3 Å². The van der Waals surface area contributed by atoms with Gasteiger partial charge < -0.3 is 29.0 Å². The van der Waals surface area contributed by atoms with Gasteiger partial charge in [0.25, 0.3) is 5.91 Å². The van der Waals surface area contributed by atoms with E-state index in [0.717, 1.165) is 6.42 Å². The highest BCUT2D eigenvalue weighted by atomic mass is 19.3. The summed E-state index contributed by atoms with van der Waals surface area (Å²) in [5.74, 6) is -0.769. The SMILES string of the molecule is O=C(COC(=O)c1ccc2c(c1)OCCCO2)Nc1ccc2c(c1)OC(F)(F)O2. The fraction of sp³-hybridized carbons (Fsp3) is 0.263. The molecule has 0 bridgehead atoms. The Bertz CT molecular complexity index is 964. The number of hydrogen-bond acceptors (Lipinski definition) is 7. The van der Waals surface area contributed by atoms with Crippen LogP contribution in [0.4, 0.5) is 14.5 Å². The molecular formula is C19H15F2NO7. The Morgan fingerprint density at radius 2 is 1.69 bits per heavy atom. The third-order valence-electron chi connectivity index (χ3n) is 4.00. The lowest BCUT2D eigenvalue weighted by atomic mass is 10.2. The molecule has 0 aromatic heterocycles. The van der Waals surface area contributed by atoms with E-state index < -0.39 is 24.8 Å². The molecule has 29 heavy (non-hydrogen) atoms. The van der Waals surface area contributed by atoms with Gasteiger partial charge in [0.2, 0.25) is 0 Å². The van der Waals surface area contributed by atoms with Crippen molar-refractivity contribution in [1.29, 1.82) is 0 Å². The van der Waals surface area contributed by atoms with Crippen molar-refractivity contribution in [2.45, 2.75) is 12.7 Å². The average molecular weight is 407 g/mol. The van der Waals surface area contributed by atoms with Crippen LogP contribution in [0.2, 0.25) is 0 Å². The number of alkyl halides is 2. The van der Waals surface area contributed by atoms with Crippen LogP contribution in [0.3, 0.4) is 0 Å². The van der Waals surface area contributed by atoms with Crippen molar-refractivity contribution in [3.05, 3.63) is 42.0 Å². The van der Waals surface area contributed by atoms with Gasteiger partial charge >= 0.3 is 12.3 Å². The quantitative estimate of drug-likeness (QED) is 0.779. The second kappa shape index (κ2) is 7.46. The number of rotatable bonds is 4. The van der Waals surface area contributed by atoms with E-state index in [1.165, 1.54) is 30.3 Å². The third-order valence-corrected chi connectivity index (χ3v) is 4.00. The summed E-state index contributed by atoms with van der Waals surface area (Å²) in [6, 6.07) is 8.35. The number of anilines is 1. The fourth-order valence-electron chi connectivity index (χ4n) is 2.73. The van der Waals surface area contributed by atoms with E-state index >= 15 is 0 Å². The third kappa shape index (κ3) is 4.31. The minimum Gasteiger partial charge on any atom is -0.490 e. The monoisotopic (exact) mass is 407 g/mol. The largest absolute Gasteiger partial charge is 0.586 e. The lowest BCUT2D eigenvalue weighted by Crippen LogP contribution is -2.25. The van der Waals surface area contributed by atoms with Gasteiger partial charge in [0, 0.05) is 18.2 Å². The minimum absolute atomic E-state index is 0.145. The molecule has 8 nitrogen and oxygen atoms in total. The second-order valence-corrected chi connectivity index (χ2v) is 6.17. The summed E-state index contributed by atoms with van der Waals surface area (Å²) in [4.78, 5) is 24.2. The number of benzene rings is 2. The molecular weight excluding hydrogens is 392 g/mol. The number of carbonyl (C=O) groups is 2. The number of amides is 1. The zero-order valence-electron chi connectivity index (χ0n) is 14.9. The van der Waals surface area contributed by atoms with Crippen molar-refractivity contribution in [3.8, 4) is 23.0 Å². The highest BCUT2D eigenvalue weighted by Gasteiger charge is 2.43. The molecule has 0 saturated heterocycles. The summed E-state index contributed by atoms with van der Waals surface area (Å²) in [6.45, 7) is 0.418. The van der Waals surface area contributed by atoms with Gasteiger partial charge in [-0.15, -0.1) is 8.78 Å². The molecule has 0 fully saturated rings. The smallest absolute Gasteiger partial charge is 0.490 e. The molecule has 2 aromatic rings. The molecule has 0 spiro atoms. The van der Waals surface area contributed by atoms with Gasteiger partial charge in [-0.05, 0) is 30.3 Å². The molecule has 2 heterocycles. The lowest BCUT2D eigenvalue weighted by molar-refractivity contribution is -0.286. The summed E-state index contributed by atoms with van der Waals surface area (Å²) < 4.78 is 50.6. The topological polar surface area (TPSA) is 92.3 Å². The van der Waals surface area contributed by atoms with E-state index in [9.17, 15) is 18.4 Å². The molecule has 4 rings (SSSR count). The van der Waals surface area contributed by atoms with Crippen LogP contribution in [0.15, 0.2) is 36.4 Å². The predicted molar refractivity (Wildman–Crippen MR) is 93.6 cm³/mol. The number of hydrogen-bond donors (Lipinski definition) is 1. The molecule has 1 N–H and O–H groups in total. The first kappa shape index (κ1) is 18.8. The van der Waals surface area contributed by atoms with Crippen molar-refractivity contribution in [2.24, 2.45) is 0 Å². The van der Waals surface area contributed by atoms with Gasteiger partial charge in [-0.1, -0.05) is 0 Å². The van der Waals surface area contributed by atoms with Gasteiger partial charge in [0.1, 0.15) is 0 Å². The van der Waals surface area contributed by atoms with E-state index in [0.29, 0.717) is 24.7 Å². The van der Waals surface area contributed by atoms with E-state index in [-0.39, 0.29) is 22.7 Å². The molecule has 2 aromatic carbocycles. The minimum atomic E-state index is -3.75. The van der Waals surface area contributed by atoms with Crippen LogP contribution in [0.1, 0.15) is 16.8 Å². The van der Waals surface area contributed by atoms with Gasteiger partial charge in [-0.3, -0.25) is 4.79 Å². The standard InChI is InChI=1S/C19H15F2NO7/c20-19(21)28-14-5-3-12(9-16(14)29-19)22-17(23)10-27-18(24)11-2-4-13-15(8-11)26-7-1-6-25-13/h2-5,8-9H,1,6-7,10H2,(H,22,23). The number of carbonyl (C=O) groups excluding carboxylic acids is 2. The molecule has 0 saturated carbocycles. The predicted octanol–water partition coefficient (Wildman–Crippen LogP) is 2.96. The summed E-state index contributed by atoms with van der Waals surface area (Å²) in [5.41, 5.74) is 0.383. The fourth-order valence-corrected chi connectivity index (χ4v) is 2.73. The Kier molecular flexibility index (Phi) is 4.83. The Hall–Kier alpha value is -3.56. The number of ether oxygens (including phenoxy) is 5. The van der Waals surface area contributed by atoms with E-state index in [4.69, 9.17) is 14.2 Å². The second-order valence-electron chi connectivity index (χ2n) is 6.17. The number of fused-ring (bicyclic) bond motifs is 2. The maximum Gasteiger partial charge on any atom is 0.586 e. The Morgan fingerprint density at radius 1 is 0.966 bits per heavy atom. The van der Waals surface area contributed by atoms with Gasteiger partial charge in [-0.25, -0.2) is 4.79 Å².